The Morgan fingerprint density at radius 1 is 1.10 bits per heavy atom. The molecule has 0 bridgehead atoms. The molecular weight excluding hydrogens is 376 g/mol. The summed E-state index contributed by atoms with van der Waals surface area (Å²) in [6.07, 6.45) is 5.30. The van der Waals surface area contributed by atoms with Crippen LogP contribution in [0.4, 0.5) is 0 Å². The zero-order valence-electron chi connectivity index (χ0n) is 17.4. The highest BCUT2D eigenvalue weighted by atomic mass is 16.5. The van der Waals surface area contributed by atoms with Gasteiger partial charge in [-0.3, -0.25) is 19.6 Å². The summed E-state index contributed by atoms with van der Waals surface area (Å²) in [5.74, 6) is -1.16. The van der Waals surface area contributed by atoms with Crippen LogP contribution in [0, 0.1) is 5.92 Å². The second-order valence-electron chi connectivity index (χ2n) is 7.96. The van der Waals surface area contributed by atoms with Crippen LogP contribution in [0.1, 0.15) is 56.1 Å². The van der Waals surface area contributed by atoms with Gasteiger partial charge in [-0.05, 0) is 42.9 Å². The van der Waals surface area contributed by atoms with Crippen LogP contribution in [0.2, 0.25) is 0 Å². The molecule has 0 saturated heterocycles. The Balaban J connectivity index is 1.76. The highest BCUT2D eigenvalue weighted by Gasteiger charge is 2.44. The van der Waals surface area contributed by atoms with Gasteiger partial charge in [0, 0.05) is 41.7 Å². The normalized spacial score (nSPS) is 23.6. The Bertz CT molecular complexity index is 996. The van der Waals surface area contributed by atoms with E-state index >= 15 is 0 Å². The van der Waals surface area contributed by atoms with Gasteiger partial charge in [-0.1, -0.05) is 43.3 Å². The number of aliphatic imine (C=N–C) groups is 1. The van der Waals surface area contributed by atoms with Gasteiger partial charge in [0.1, 0.15) is 5.92 Å². The molecule has 2 aromatic rings. The van der Waals surface area contributed by atoms with E-state index in [0.717, 1.165) is 23.2 Å². The van der Waals surface area contributed by atoms with Crippen LogP contribution in [0.15, 0.2) is 71.1 Å². The molecule has 2 aliphatic rings. The van der Waals surface area contributed by atoms with Crippen molar-refractivity contribution < 1.29 is 14.3 Å². The average Bonchev–Trinajstić information content (AvgIpc) is 2.77. The topological polar surface area (TPSA) is 68.6 Å². The van der Waals surface area contributed by atoms with Crippen LogP contribution in [0.3, 0.4) is 0 Å². The monoisotopic (exact) mass is 402 g/mol. The number of Topliss-reactive ketones (excluding diaryl/α,β-unsaturated/α-hetero) is 1. The van der Waals surface area contributed by atoms with Crippen molar-refractivity contribution in [2.45, 2.75) is 44.9 Å². The van der Waals surface area contributed by atoms with Crippen molar-refractivity contribution in [3.8, 4) is 0 Å². The number of pyridine rings is 1. The summed E-state index contributed by atoms with van der Waals surface area (Å²) < 4.78 is 5.48. The first-order valence-corrected chi connectivity index (χ1v) is 10.5. The predicted molar refractivity (Wildman–Crippen MR) is 115 cm³/mol. The number of allylic oxidation sites excluding steroid dienone is 2. The van der Waals surface area contributed by atoms with E-state index in [2.05, 4.69) is 17.1 Å². The Hall–Kier alpha value is -3.08. The molecule has 0 saturated carbocycles. The minimum Gasteiger partial charge on any atom is -0.465 e. The molecule has 30 heavy (non-hydrogen) atoms. The number of nitrogens with zero attached hydrogens (tertiary/aromatic N) is 2. The molecule has 1 aromatic heterocycles. The third-order valence-electron chi connectivity index (χ3n) is 5.91. The highest BCUT2D eigenvalue weighted by Crippen LogP contribution is 2.46. The fourth-order valence-electron chi connectivity index (χ4n) is 4.54. The number of ether oxygens (including phenoxy) is 1. The SMILES string of the molecule is CCCOC(=O)C1C(C)=NC2=C(C(=O)C[C@H](c3ccccc3)C2)[C@@H]1c1cccnc1. The summed E-state index contributed by atoms with van der Waals surface area (Å²) in [5, 5.41) is 0. The average molecular weight is 402 g/mol. The maximum Gasteiger partial charge on any atom is 0.315 e. The Kier molecular flexibility index (Phi) is 5.88. The van der Waals surface area contributed by atoms with Gasteiger partial charge in [0.15, 0.2) is 5.78 Å². The second kappa shape index (κ2) is 8.74. The van der Waals surface area contributed by atoms with Crippen molar-refractivity contribution in [3.05, 3.63) is 77.3 Å². The van der Waals surface area contributed by atoms with Crippen molar-refractivity contribution >= 4 is 17.5 Å². The maximum absolute atomic E-state index is 13.4. The van der Waals surface area contributed by atoms with E-state index in [1.54, 1.807) is 12.4 Å². The number of rotatable bonds is 5. The standard InChI is InChI=1S/C25H26N2O3/c1-3-12-30-25(29)22-16(2)27-20-13-19(17-8-5-4-6-9-17)14-21(28)24(20)23(22)18-10-7-11-26-15-18/h4-11,15,19,22-23H,3,12-14H2,1-2H3/t19-,22?,23-/m1/s1. The zero-order valence-corrected chi connectivity index (χ0v) is 17.4. The first kappa shape index (κ1) is 20.2. The molecule has 1 unspecified atom stereocenters. The molecular formula is C25H26N2O3. The summed E-state index contributed by atoms with van der Waals surface area (Å²) in [6.45, 7) is 4.18. The molecule has 0 spiro atoms. The first-order chi connectivity index (χ1) is 14.6. The van der Waals surface area contributed by atoms with Crippen LogP contribution in [-0.2, 0) is 14.3 Å². The Morgan fingerprint density at radius 2 is 1.87 bits per heavy atom. The lowest BCUT2D eigenvalue weighted by atomic mass is 9.69. The van der Waals surface area contributed by atoms with Gasteiger partial charge in [0.25, 0.3) is 0 Å². The fraction of sp³-hybridized carbons (Fsp3) is 0.360. The number of hydrogen-bond acceptors (Lipinski definition) is 5. The van der Waals surface area contributed by atoms with E-state index in [0.29, 0.717) is 30.7 Å². The number of benzene rings is 1. The molecule has 2 heterocycles. The molecule has 5 nitrogen and oxygen atoms in total. The van der Waals surface area contributed by atoms with E-state index < -0.39 is 11.8 Å². The molecule has 1 aliphatic carbocycles. The van der Waals surface area contributed by atoms with Gasteiger partial charge in [-0.2, -0.15) is 0 Å². The van der Waals surface area contributed by atoms with Gasteiger partial charge in [-0.25, -0.2) is 0 Å². The van der Waals surface area contributed by atoms with E-state index in [1.807, 2.05) is 44.2 Å². The quantitative estimate of drug-likeness (QED) is 0.685. The zero-order chi connectivity index (χ0) is 21.1. The van der Waals surface area contributed by atoms with Gasteiger partial charge >= 0.3 is 5.97 Å². The molecule has 4 rings (SSSR count). The predicted octanol–water partition coefficient (Wildman–Crippen LogP) is 4.61. The molecule has 0 N–H and O–H groups in total. The third kappa shape index (κ3) is 3.84. The molecule has 3 atom stereocenters. The summed E-state index contributed by atoms with van der Waals surface area (Å²) in [7, 11) is 0. The minimum absolute atomic E-state index is 0.0588. The second-order valence-corrected chi connectivity index (χ2v) is 7.96. The number of aromatic nitrogens is 1. The molecule has 0 radical (unpaired) electrons. The van der Waals surface area contributed by atoms with Crippen LogP contribution < -0.4 is 0 Å². The Labute approximate surface area is 176 Å². The first-order valence-electron chi connectivity index (χ1n) is 10.5. The smallest absolute Gasteiger partial charge is 0.315 e. The number of carbonyl (C=O) groups excluding carboxylic acids is 2. The largest absolute Gasteiger partial charge is 0.465 e. The van der Waals surface area contributed by atoms with Crippen molar-refractivity contribution in [3.63, 3.8) is 0 Å². The van der Waals surface area contributed by atoms with E-state index in [1.165, 1.54) is 0 Å². The van der Waals surface area contributed by atoms with E-state index in [4.69, 9.17) is 9.73 Å². The summed E-state index contributed by atoms with van der Waals surface area (Å²) >= 11 is 0. The highest BCUT2D eigenvalue weighted by molar-refractivity contribution is 6.09. The molecule has 154 valence electrons. The van der Waals surface area contributed by atoms with Crippen LogP contribution in [0.5, 0.6) is 0 Å². The van der Waals surface area contributed by atoms with Crippen LogP contribution >= 0.6 is 0 Å². The maximum atomic E-state index is 13.4. The van der Waals surface area contributed by atoms with Gasteiger partial charge < -0.3 is 4.74 Å². The van der Waals surface area contributed by atoms with Crippen molar-refractivity contribution in [1.29, 1.82) is 0 Å². The molecule has 1 aromatic carbocycles. The molecule has 5 heteroatoms. The lowest BCUT2D eigenvalue weighted by Crippen LogP contribution is -2.38. The van der Waals surface area contributed by atoms with Crippen LogP contribution in [-0.4, -0.2) is 29.1 Å². The summed E-state index contributed by atoms with van der Waals surface area (Å²) in [6, 6.07) is 13.9. The summed E-state index contributed by atoms with van der Waals surface area (Å²) in [5.41, 5.74) is 4.15. The summed E-state index contributed by atoms with van der Waals surface area (Å²) in [4.78, 5) is 35.4. The van der Waals surface area contributed by atoms with Crippen molar-refractivity contribution in [2.24, 2.45) is 10.9 Å². The molecule has 0 fully saturated rings. The van der Waals surface area contributed by atoms with Gasteiger partial charge in [0.2, 0.25) is 0 Å². The van der Waals surface area contributed by atoms with Gasteiger partial charge in [-0.15, -0.1) is 0 Å². The lowest BCUT2D eigenvalue weighted by Gasteiger charge is -2.36. The number of ketones is 1. The Morgan fingerprint density at radius 3 is 2.57 bits per heavy atom. The van der Waals surface area contributed by atoms with Gasteiger partial charge in [0.05, 0.1) is 6.61 Å². The molecule has 1 aliphatic heterocycles. The third-order valence-corrected chi connectivity index (χ3v) is 5.91. The van der Waals surface area contributed by atoms with Crippen LogP contribution in [0.25, 0.3) is 0 Å². The lowest BCUT2D eigenvalue weighted by molar-refractivity contribution is -0.146. The van der Waals surface area contributed by atoms with Crippen molar-refractivity contribution in [2.75, 3.05) is 6.61 Å². The molecule has 0 amide bonds. The number of carbonyl (C=O) groups is 2. The fourth-order valence-corrected chi connectivity index (χ4v) is 4.54. The number of esters is 1. The minimum atomic E-state index is -0.600. The number of hydrogen-bond donors (Lipinski definition) is 0. The van der Waals surface area contributed by atoms with E-state index in [9.17, 15) is 9.59 Å². The van der Waals surface area contributed by atoms with Crippen molar-refractivity contribution in [1.82, 2.24) is 4.98 Å². The van der Waals surface area contributed by atoms with E-state index in [-0.39, 0.29) is 17.7 Å².